The maximum atomic E-state index is 13.7. The van der Waals surface area contributed by atoms with Crippen molar-refractivity contribution < 1.29 is 9.00 Å². The van der Waals surface area contributed by atoms with Gasteiger partial charge in [0.05, 0.1) is 25.9 Å². The van der Waals surface area contributed by atoms with E-state index in [2.05, 4.69) is 34.3 Å². The number of benzene rings is 2. The number of para-hydroxylation sites is 1. The summed E-state index contributed by atoms with van der Waals surface area (Å²) >= 11 is 0. The highest BCUT2D eigenvalue weighted by Crippen LogP contribution is 2.29. The van der Waals surface area contributed by atoms with Gasteiger partial charge in [-0.15, -0.1) is 0 Å². The first-order valence-electron chi connectivity index (χ1n) is 14.0. The molecule has 0 aliphatic carbocycles. The molecule has 3 aromatic rings. The largest absolute Gasteiger partial charge is 0.382 e. The van der Waals surface area contributed by atoms with E-state index in [1.54, 1.807) is 18.3 Å². The number of aromatic nitrogens is 1. The average molecular weight is 606 g/mol. The van der Waals surface area contributed by atoms with Crippen molar-refractivity contribution in [2.45, 2.75) is 37.6 Å². The van der Waals surface area contributed by atoms with Crippen LogP contribution in [0, 0.1) is 30.0 Å². The Morgan fingerprint density at radius 1 is 1.00 bits per heavy atom. The molecule has 2 aliphatic rings. The minimum absolute atomic E-state index is 0. The quantitative estimate of drug-likeness (QED) is 0.416. The molecule has 0 bridgehead atoms. The van der Waals surface area contributed by atoms with Crippen molar-refractivity contribution in [1.29, 1.82) is 10.0 Å². The molecule has 1 aromatic heterocycles. The first kappa shape index (κ1) is 31.2. The van der Waals surface area contributed by atoms with Gasteiger partial charge in [-0.2, -0.15) is 18.8 Å². The minimum atomic E-state index is -2.91. The maximum Gasteiger partial charge on any atom is 0.254 e. The Morgan fingerprint density at radius 2 is 1.69 bits per heavy atom. The lowest BCUT2D eigenvalue weighted by Crippen LogP contribution is -2.49. The van der Waals surface area contributed by atoms with Crippen molar-refractivity contribution in [3.05, 3.63) is 77.0 Å². The van der Waals surface area contributed by atoms with E-state index in [1.807, 2.05) is 47.1 Å². The molecule has 2 N–H and O–H groups in total. The molecule has 0 radical (unpaired) electrons. The van der Waals surface area contributed by atoms with Gasteiger partial charge >= 0.3 is 0 Å². The summed E-state index contributed by atoms with van der Waals surface area (Å²) in [5, 5.41) is 13.2. The van der Waals surface area contributed by atoms with Gasteiger partial charge in [-0.25, -0.2) is 14.0 Å². The fourth-order valence-corrected chi connectivity index (χ4v) is 6.65. The third-order valence-electron chi connectivity index (χ3n) is 8.06. The molecule has 0 saturated carbocycles. The molecule has 222 valence electrons. The number of hydrogen-bond acceptors (Lipinski definition) is 8. The standard InChI is InChI=1S/C31H37N7O2S.H2S/c1-22-19-23(2)27(35-25-10-13-36(14-11-25)28-8-5-4-7-24(28)21-32)20-26(22)31(39)38-17-15-37(16-18-38)30-29(41(3,33)40)9-6-12-34-30;/h4-9,12,19-20,25,33,35H,10-11,13-18H2,1-3H3;1H2/t41-;/m0./s1. The lowest BCUT2D eigenvalue weighted by molar-refractivity contribution is 0.0745. The summed E-state index contributed by atoms with van der Waals surface area (Å²) in [4.78, 5) is 24.7. The number of pyridine rings is 1. The lowest BCUT2D eigenvalue weighted by Gasteiger charge is -2.36. The van der Waals surface area contributed by atoms with Crippen LogP contribution in [-0.2, 0) is 9.73 Å². The number of aryl methyl sites for hydroxylation is 2. The highest BCUT2D eigenvalue weighted by atomic mass is 32.2. The predicted molar refractivity (Wildman–Crippen MR) is 174 cm³/mol. The molecule has 2 aliphatic heterocycles. The summed E-state index contributed by atoms with van der Waals surface area (Å²) in [6, 6.07) is 17.8. The van der Waals surface area contributed by atoms with E-state index in [-0.39, 0.29) is 25.4 Å². The molecule has 2 saturated heterocycles. The smallest absolute Gasteiger partial charge is 0.254 e. The van der Waals surface area contributed by atoms with E-state index >= 15 is 0 Å². The van der Waals surface area contributed by atoms with Crippen molar-refractivity contribution in [2.75, 3.05) is 60.6 Å². The molecule has 0 spiro atoms. The van der Waals surface area contributed by atoms with E-state index in [9.17, 15) is 14.3 Å². The number of nitriles is 1. The van der Waals surface area contributed by atoms with E-state index < -0.39 is 9.73 Å². The summed E-state index contributed by atoms with van der Waals surface area (Å²) in [5.74, 6) is 0.580. The minimum Gasteiger partial charge on any atom is -0.382 e. The monoisotopic (exact) mass is 605 g/mol. The fourth-order valence-electron chi connectivity index (χ4n) is 5.78. The molecule has 5 rings (SSSR count). The Labute approximate surface area is 256 Å². The predicted octanol–water partition coefficient (Wildman–Crippen LogP) is 4.76. The van der Waals surface area contributed by atoms with Gasteiger partial charge in [0.15, 0.2) is 0 Å². The van der Waals surface area contributed by atoms with Gasteiger partial charge in [0.25, 0.3) is 5.91 Å². The Hall–Kier alpha value is -3.75. The van der Waals surface area contributed by atoms with Gasteiger partial charge in [-0.1, -0.05) is 18.2 Å². The number of piperazine rings is 1. The van der Waals surface area contributed by atoms with Gasteiger partial charge in [-0.3, -0.25) is 4.79 Å². The Balaban J connectivity index is 0.00000405. The third-order valence-corrected chi connectivity index (χ3v) is 9.22. The molecular weight excluding hydrogens is 567 g/mol. The fraction of sp³-hybridized carbons (Fsp3) is 0.387. The Morgan fingerprint density at radius 3 is 2.36 bits per heavy atom. The zero-order chi connectivity index (χ0) is 29.1. The topological polar surface area (TPSA) is 116 Å². The van der Waals surface area contributed by atoms with Gasteiger partial charge < -0.3 is 20.0 Å². The molecule has 42 heavy (non-hydrogen) atoms. The van der Waals surface area contributed by atoms with Crippen molar-refractivity contribution in [3.8, 4) is 6.07 Å². The van der Waals surface area contributed by atoms with Crippen LogP contribution in [0.5, 0.6) is 0 Å². The summed E-state index contributed by atoms with van der Waals surface area (Å²) in [6.07, 6.45) is 4.95. The number of rotatable bonds is 6. The number of amides is 1. The van der Waals surface area contributed by atoms with E-state index in [0.29, 0.717) is 48.0 Å². The van der Waals surface area contributed by atoms with E-state index in [4.69, 9.17) is 4.78 Å². The van der Waals surface area contributed by atoms with Crippen molar-refractivity contribution in [3.63, 3.8) is 0 Å². The molecule has 1 atom stereocenters. The highest BCUT2D eigenvalue weighted by molar-refractivity contribution is 7.91. The van der Waals surface area contributed by atoms with Crippen LogP contribution in [0.15, 0.2) is 59.6 Å². The summed E-state index contributed by atoms with van der Waals surface area (Å²) in [5.41, 5.74) is 5.46. The van der Waals surface area contributed by atoms with Gasteiger partial charge in [0.1, 0.15) is 11.9 Å². The van der Waals surface area contributed by atoms with Gasteiger partial charge in [0.2, 0.25) is 0 Å². The van der Waals surface area contributed by atoms with Gasteiger partial charge in [0, 0.05) is 69.0 Å². The summed E-state index contributed by atoms with van der Waals surface area (Å²) in [6.45, 7) is 7.96. The van der Waals surface area contributed by atoms with E-state index in [0.717, 1.165) is 48.4 Å². The number of anilines is 3. The van der Waals surface area contributed by atoms with Gasteiger partial charge in [-0.05, 0) is 68.1 Å². The molecule has 3 heterocycles. The molecule has 1 amide bonds. The van der Waals surface area contributed by atoms with Crippen LogP contribution in [0.2, 0.25) is 0 Å². The van der Waals surface area contributed by atoms with Crippen LogP contribution in [-0.4, -0.2) is 71.6 Å². The number of carbonyl (C=O) groups excluding carboxylic acids is 1. The summed E-state index contributed by atoms with van der Waals surface area (Å²) < 4.78 is 20.5. The van der Waals surface area contributed by atoms with Crippen LogP contribution >= 0.6 is 13.5 Å². The number of nitrogens with one attached hydrogen (secondary N) is 2. The molecule has 9 nitrogen and oxygen atoms in total. The van der Waals surface area contributed by atoms with Crippen LogP contribution in [0.25, 0.3) is 0 Å². The second-order valence-electron chi connectivity index (χ2n) is 11.0. The normalized spacial score (nSPS) is 17.1. The average Bonchev–Trinajstić information content (AvgIpc) is 2.98. The zero-order valence-electron chi connectivity index (χ0n) is 24.4. The third kappa shape index (κ3) is 6.66. The Bertz CT molecular complexity index is 1590. The maximum absolute atomic E-state index is 13.7. The number of nitrogens with zero attached hydrogens (tertiary/aromatic N) is 5. The van der Waals surface area contributed by atoms with Crippen molar-refractivity contribution in [2.24, 2.45) is 0 Å². The second-order valence-corrected chi connectivity index (χ2v) is 13.1. The van der Waals surface area contributed by atoms with Crippen molar-refractivity contribution >= 4 is 46.3 Å². The van der Waals surface area contributed by atoms with Crippen LogP contribution in [0.4, 0.5) is 17.2 Å². The first-order valence-corrected chi connectivity index (χ1v) is 16.0. The zero-order valence-corrected chi connectivity index (χ0v) is 26.2. The second kappa shape index (κ2) is 13.0. The molecule has 2 aromatic carbocycles. The molecule has 2 fully saturated rings. The molecule has 11 heteroatoms. The summed E-state index contributed by atoms with van der Waals surface area (Å²) in [7, 11) is -2.91. The van der Waals surface area contributed by atoms with E-state index in [1.165, 1.54) is 6.26 Å². The SMILES string of the molecule is Cc1cc(C)c(C(=O)N2CCN(c3ncccc3[S@@](C)(=N)=O)CC2)cc1NC1CCN(c2ccccc2C#N)CC1.S. The molecule has 0 unspecified atom stereocenters. The van der Waals surface area contributed by atoms with Crippen LogP contribution in [0.1, 0.15) is 39.9 Å². The number of piperidine rings is 1. The number of hydrogen-bond donors (Lipinski definition) is 2. The lowest BCUT2D eigenvalue weighted by atomic mass is 9.99. The van der Waals surface area contributed by atoms with Crippen molar-refractivity contribution in [1.82, 2.24) is 9.88 Å². The number of carbonyl (C=O) groups is 1. The van der Waals surface area contributed by atoms with Crippen LogP contribution < -0.4 is 15.1 Å². The van der Waals surface area contributed by atoms with Crippen LogP contribution in [0.3, 0.4) is 0 Å². The highest BCUT2D eigenvalue weighted by Gasteiger charge is 2.27. The molecular formula is C31H39N7O2S2. The first-order chi connectivity index (χ1) is 19.7. The Kier molecular flexibility index (Phi) is 9.69.